The lowest BCUT2D eigenvalue weighted by molar-refractivity contribution is 0.602. The van der Waals surface area contributed by atoms with Crippen molar-refractivity contribution in [3.63, 3.8) is 0 Å². The van der Waals surface area contributed by atoms with Crippen molar-refractivity contribution in [2.24, 2.45) is 0 Å². The van der Waals surface area contributed by atoms with Crippen molar-refractivity contribution >= 4 is 37.4 Å². The van der Waals surface area contributed by atoms with Crippen molar-refractivity contribution in [3.05, 3.63) is 22.8 Å². The van der Waals surface area contributed by atoms with Crippen LogP contribution < -0.4 is 5.32 Å². The molecule has 6 nitrogen and oxygen atoms in total. The normalized spacial score (nSPS) is 11.9. The molecule has 0 spiro atoms. The molecule has 0 bridgehead atoms. The molecule has 0 unspecified atom stereocenters. The number of pyridine rings is 1. The molecule has 1 N–H and O–H groups in total. The van der Waals surface area contributed by atoms with Crippen LogP contribution >= 0.6 is 15.9 Å². The fourth-order valence-electron chi connectivity index (χ4n) is 1.28. The summed E-state index contributed by atoms with van der Waals surface area (Å²) in [4.78, 5) is 4.20. The molecule has 17 heavy (non-hydrogen) atoms. The minimum Gasteiger partial charge on any atom is -0.352 e. The van der Waals surface area contributed by atoms with Gasteiger partial charge in [-0.25, -0.2) is 12.9 Å². The molecule has 2 heterocycles. The number of aromatic nitrogens is 3. The summed E-state index contributed by atoms with van der Waals surface area (Å²) >= 11 is 3.33. The van der Waals surface area contributed by atoms with Crippen LogP contribution in [-0.4, -0.2) is 41.6 Å². The predicted molar refractivity (Wildman–Crippen MR) is 68.9 cm³/mol. The highest BCUT2D eigenvalue weighted by Crippen LogP contribution is 2.11. The summed E-state index contributed by atoms with van der Waals surface area (Å²) in [5.74, 6) is 0.485. The number of anilines is 1. The summed E-state index contributed by atoms with van der Waals surface area (Å²) in [6, 6.07) is 3.68. The summed E-state index contributed by atoms with van der Waals surface area (Å²) in [5.41, 5.74) is 0.704. The van der Waals surface area contributed by atoms with E-state index in [1.54, 1.807) is 10.7 Å². The quantitative estimate of drug-likeness (QED) is 0.908. The average Bonchev–Trinajstić information content (AvgIpc) is 2.57. The summed E-state index contributed by atoms with van der Waals surface area (Å²) in [6.45, 7) is 0.302. The number of fused-ring (bicyclic) bond motifs is 1. The van der Waals surface area contributed by atoms with Crippen LogP contribution in [0.25, 0.3) is 5.65 Å². The van der Waals surface area contributed by atoms with E-state index in [0.717, 1.165) is 4.47 Å². The number of nitrogens with zero attached hydrogens (tertiary/aromatic N) is 3. The van der Waals surface area contributed by atoms with Gasteiger partial charge in [-0.2, -0.15) is 4.98 Å². The molecule has 2 rings (SSSR count). The zero-order chi connectivity index (χ0) is 12.5. The van der Waals surface area contributed by atoms with Crippen molar-refractivity contribution in [2.75, 3.05) is 23.9 Å². The number of hydrogen-bond acceptors (Lipinski definition) is 5. The van der Waals surface area contributed by atoms with E-state index in [9.17, 15) is 8.42 Å². The van der Waals surface area contributed by atoms with Crippen molar-refractivity contribution in [2.45, 2.75) is 0 Å². The van der Waals surface area contributed by atoms with Gasteiger partial charge in [-0.1, -0.05) is 0 Å². The first kappa shape index (κ1) is 12.3. The smallest absolute Gasteiger partial charge is 0.243 e. The van der Waals surface area contributed by atoms with Gasteiger partial charge in [0, 0.05) is 23.5 Å². The van der Waals surface area contributed by atoms with Crippen LogP contribution in [0.2, 0.25) is 0 Å². The second-order valence-corrected chi connectivity index (χ2v) is 6.82. The molecule has 0 aliphatic heterocycles. The van der Waals surface area contributed by atoms with E-state index in [2.05, 4.69) is 31.3 Å². The highest BCUT2D eigenvalue weighted by atomic mass is 79.9. The molecule has 0 amide bonds. The first-order chi connectivity index (χ1) is 7.94. The van der Waals surface area contributed by atoms with Crippen LogP contribution in [0.1, 0.15) is 0 Å². The van der Waals surface area contributed by atoms with Crippen molar-refractivity contribution in [1.82, 2.24) is 14.6 Å². The Morgan fingerprint density at radius 2 is 2.24 bits per heavy atom. The second-order valence-electron chi connectivity index (χ2n) is 3.64. The minimum atomic E-state index is -2.96. The topological polar surface area (TPSA) is 76.4 Å². The fraction of sp³-hybridized carbons (Fsp3) is 0.333. The number of nitrogens with one attached hydrogen (secondary N) is 1. The largest absolute Gasteiger partial charge is 0.352 e. The van der Waals surface area contributed by atoms with Crippen molar-refractivity contribution in [3.8, 4) is 0 Å². The number of halogens is 1. The van der Waals surface area contributed by atoms with Crippen molar-refractivity contribution < 1.29 is 8.42 Å². The summed E-state index contributed by atoms with van der Waals surface area (Å²) < 4.78 is 24.4. The standard InChI is InChI=1S/C9H11BrN4O2S/c1-17(15,16)5-4-11-9-12-8-3-2-7(10)6-14(8)13-9/h2-3,6H,4-5H2,1H3,(H,11,13). The maximum atomic E-state index is 10.9. The van der Waals surface area contributed by atoms with Crippen LogP contribution in [0.5, 0.6) is 0 Å². The molecule has 0 saturated carbocycles. The molecule has 0 saturated heterocycles. The zero-order valence-corrected chi connectivity index (χ0v) is 11.5. The molecule has 0 aliphatic carbocycles. The van der Waals surface area contributed by atoms with E-state index in [4.69, 9.17) is 0 Å². The van der Waals surface area contributed by atoms with Gasteiger partial charge in [0.05, 0.1) is 5.75 Å². The van der Waals surface area contributed by atoms with Gasteiger partial charge < -0.3 is 5.32 Å². The first-order valence-corrected chi connectivity index (χ1v) is 7.73. The maximum absolute atomic E-state index is 10.9. The minimum absolute atomic E-state index is 0.0618. The molecule has 0 aromatic carbocycles. The van der Waals surface area contributed by atoms with Gasteiger partial charge in [-0.05, 0) is 28.1 Å². The molecule has 8 heteroatoms. The Balaban J connectivity index is 2.09. The van der Waals surface area contributed by atoms with Crippen LogP contribution in [0.15, 0.2) is 22.8 Å². The molecule has 2 aromatic rings. The van der Waals surface area contributed by atoms with Gasteiger partial charge >= 0.3 is 0 Å². The zero-order valence-electron chi connectivity index (χ0n) is 9.09. The first-order valence-electron chi connectivity index (χ1n) is 4.87. The number of rotatable bonds is 4. The van der Waals surface area contributed by atoms with Crippen LogP contribution in [0, 0.1) is 0 Å². The Morgan fingerprint density at radius 3 is 2.94 bits per heavy atom. The SMILES string of the molecule is CS(=O)(=O)CCNc1nc2ccc(Br)cn2n1. The Hall–Kier alpha value is -1.15. The van der Waals surface area contributed by atoms with E-state index >= 15 is 0 Å². The van der Waals surface area contributed by atoms with E-state index < -0.39 is 9.84 Å². The van der Waals surface area contributed by atoms with Gasteiger partial charge in [-0.3, -0.25) is 0 Å². The molecular formula is C9H11BrN4O2S. The highest BCUT2D eigenvalue weighted by molar-refractivity contribution is 9.10. The Kier molecular flexibility index (Phi) is 3.34. The van der Waals surface area contributed by atoms with E-state index in [0.29, 0.717) is 18.1 Å². The summed E-state index contributed by atoms with van der Waals surface area (Å²) in [5, 5.41) is 7.04. The third kappa shape index (κ3) is 3.40. The lowest BCUT2D eigenvalue weighted by atomic mass is 10.5. The van der Waals surface area contributed by atoms with Gasteiger partial charge in [0.2, 0.25) is 5.95 Å². The summed E-state index contributed by atoms with van der Waals surface area (Å²) in [7, 11) is -2.96. The molecule has 92 valence electrons. The Labute approximate surface area is 107 Å². The van der Waals surface area contributed by atoms with Crippen LogP contribution in [-0.2, 0) is 9.84 Å². The lowest BCUT2D eigenvalue weighted by Gasteiger charge is -1.98. The Bertz CT molecular complexity index is 637. The predicted octanol–water partition coefficient (Wildman–Crippen LogP) is 0.948. The molecule has 2 aromatic heterocycles. The van der Waals surface area contributed by atoms with Gasteiger partial charge in [0.1, 0.15) is 9.84 Å². The number of sulfone groups is 1. The van der Waals surface area contributed by atoms with E-state index in [1.807, 2.05) is 12.1 Å². The van der Waals surface area contributed by atoms with Gasteiger partial charge in [0.25, 0.3) is 0 Å². The molecular weight excluding hydrogens is 308 g/mol. The van der Waals surface area contributed by atoms with E-state index in [-0.39, 0.29) is 5.75 Å². The molecule has 0 radical (unpaired) electrons. The molecule has 0 fully saturated rings. The van der Waals surface area contributed by atoms with Gasteiger partial charge in [0.15, 0.2) is 5.65 Å². The molecule has 0 aliphatic rings. The van der Waals surface area contributed by atoms with E-state index in [1.165, 1.54) is 6.26 Å². The number of hydrogen-bond donors (Lipinski definition) is 1. The highest BCUT2D eigenvalue weighted by Gasteiger charge is 2.05. The van der Waals surface area contributed by atoms with Crippen LogP contribution in [0.4, 0.5) is 5.95 Å². The fourth-order valence-corrected chi connectivity index (χ4v) is 2.08. The van der Waals surface area contributed by atoms with Crippen molar-refractivity contribution in [1.29, 1.82) is 0 Å². The van der Waals surface area contributed by atoms with Gasteiger partial charge in [-0.15, -0.1) is 5.10 Å². The lowest BCUT2D eigenvalue weighted by Crippen LogP contribution is -2.14. The maximum Gasteiger partial charge on any atom is 0.243 e. The third-order valence-electron chi connectivity index (χ3n) is 2.05. The molecule has 0 atom stereocenters. The third-order valence-corrected chi connectivity index (χ3v) is 3.47. The van der Waals surface area contributed by atoms with Crippen LogP contribution in [0.3, 0.4) is 0 Å². The Morgan fingerprint density at radius 1 is 1.47 bits per heavy atom. The summed E-state index contributed by atoms with van der Waals surface area (Å²) in [6.07, 6.45) is 2.98. The average molecular weight is 319 g/mol. The second kappa shape index (κ2) is 4.61. The monoisotopic (exact) mass is 318 g/mol.